The van der Waals surface area contributed by atoms with E-state index in [2.05, 4.69) is 20.7 Å². The van der Waals surface area contributed by atoms with Crippen LogP contribution in [0.3, 0.4) is 0 Å². The molecule has 0 bridgehead atoms. The standard InChI is InChI=1S/C12H18N6/c1-17-8-9(15-16-17)6-13-11-4-3-5-12-10(11)7-14-18(12)2/h7-8,11,13H,3-6H2,1-2H3. The second-order valence-electron chi connectivity index (χ2n) is 4.88. The first-order valence-electron chi connectivity index (χ1n) is 6.33. The van der Waals surface area contributed by atoms with Crippen LogP contribution in [-0.2, 0) is 27.1 Å². The Labute approximate surface area is 106 Å². The molecule has 3 rings (SSSR count). The zero-order chi connectivity index (χ0) is 12.5. The first-order valence-corrected chi connectivity index (χ1v) is 6.33. The van der Waals surface area contributed by atoms with Crippen molar-refractivity contribution in [2.45, 2.75) is 31.8 Å². The van der Waals surface area contributed by atoms with Gasteiger partial charge in [0.2, 0.25) is 0 Å². The van der Waals surface area contributed by atoms with E-state index in [9.17, 15) is 0 Å². The topological polar surface area (TPSA) is 60.6 Å². The average molecular weight is 246 g/mol. The number of hydrogen-bond donors (Lipinski definition) is 1. The van der Waals surface area contributed by atoms with E-state index in [1.165, 1.54) is 24.1 Å². The molecule has 6 nitrogen and oxygen atoms in total. The minimum absolute atomic E-state index is 0.393. The Morgan fingerprint density at radius 2 is 2.33 bits per heavy atom. The van der Waals surface area contributed by atoms with Crippen molar-refractivity contribution in [3.05, 3.63) is 29.3 Å². The van der Waals surface area contributed by atoms with Crippen molar-refractivity contribution in [2.24, 2.45) is 14.1 Å². The smallest absolute Gasteiger partial charge is 0.0964 e. The van der Waals surface area contributed by atoms with E-state index < -0.39 is 0 Å². The molecule has 1 N–H and O–H groups in total. The molecule has 0 aromatic carbocycles. The molecule has 1 atom stereocenters. The molecule has 0 fully saturated rings. The fraction of sp³-hybridized carbons (Fsp3) is 0.583. The van der Waals surface area contributed by atoms with Gasteiger partial charge in [0.05, 0.1) is 11.9 Å². The van der Waals surface area contributed by atoms with Crippen molar-refractivity contribution in [1.29, 1.82) is 0 Å². The lowest BCUT2D eigenvalue weighted by atomic mass is 9.93. The Morgan fingerprint density at radius 1 is 1.44 bits per heavy atom. The van der Waals surface area contributed by atoms with Gasteiger partial charge >= 0.3 is 0 Å². The second kappa shape index (κ2) is 4.53. The van der Waals surface area contributed by atoms with Crippen LogP contribution in [0, 0.1) is 0 Å². The molecule has 2 aromatic heterocycles. The number of nitrogens with zero attached hydrogens (tertiary/aromatic N) is 5. The van der Waals surface area contributed by atoms with Crippen LogP contribution >= 0.6 is 0 Å². The maximum Gasteiger partial charge on any atom is 0.0964 e. The minimum atomic E-state index is 0.393. The number of aromatic nitrogens is 5. The molecule has 2 aromatic rings. The van der Waals surface area contributed by atoms with E-state index in [0.29, 0.717) is 6.04 Å². The molecule has 96 valence electrons. The van der Waals surface area contributed by atoms with Gasteiger partial charge in [-0.1, -0.05) is 5.21 Å². The van der Waals surface area contributed by atoms with Crippen LogP contribution in [0.1, 0.15) is 35.8 Å². The van der Waals surface area contributed by atoms with E-state index in [-0.39, 0.29) is 0 Å². The third-order valence-corrected chi connectivity index (χ3v) is 3.56. The zero-order valence-electron chi connectivity index (χ0n) is 10.8. The van der Waals surface area contributed by atoms with Crippen LogP contribution in [0.4, 0.5) is 0 Å². The highest BCUT2D eigenvalue weighted by Gasteiger charge is 2.22. The molecule has 0 saturated carbocycles. The highest BCUT2D eigenvalue weighted by atomic mass is 15.4. The largest absolute Gasteiger partial charge is 0.304 e. The molecule has 0 saturated heterocycles. The van der Waals surface area contributed by atoms with Gasteiger partial charge in [-0.2, -0.15) is 5.10 Å². The molecular formula is C12H18N6. The quantitative estimate of drug-likeness (QED) is 0.866. The van der Waals surface area contributed by atoms with Crippen molar-refractivity contribution in [1.82, 2.24) is 30.1 Å². The van der Waals surface area contributed by atoms with Crippen LogP contribution in [-0.4, -0.2) is 24.8 Å². The SMILES string of the molecule is Cn1cc(CNC2CCCc3c2cnn3C)nn1. The maximum atomic E-state index is 4.35. The summed E-state index contributed by atoms with van der Waals surface area (Å²) in [5.41, 5.74) is 3.68. The van der Waals surface area contributed by atoms with E-state index in [1.807, 2.05) is 31.2 Å². The molecule has 6 heteroatoms. The summed E-state index contributed by atoms with van der Waals surface area (Å²) in [6.07, 6.45) is 7.45. The van der Waals surface area contributed by atoms with Crippen molar-refractivity contribution >= 4 is 0 Å². The summed E-state index contributed by atoms with van der Waals surface area (Å²) in [5, 5.41) is 15.9. The van der Waals surface area contributed by atoms with Gasteiger partial charge in [0, 0.05) is 44.1 Å². The molecular weight excluding hydrogens is 228 g/mol. The van der Waals surface area contributed by atoms with E-state index >= 15 is 0 Å². The Balaban J connectivity index is 1.71. The lowest BCUT2D eigenvalue weighted by Crippen LogP contribution is -2.25. The molecule has 0 spiro atoms. The lowest BCUT2D eigenvalue weighted by Gasteiger charge is -2.23. The van der Waals surface area contributed by atoms with E-state index in [1.54, 1.807) is 4.68 Å². The van der Waals surface area contributed by atoms with Gasteiger partial charge < -0.3 is 5.32 Å². The summed E-state index contributed by atoms with van der Waals surface area (Å²) in [6.45, 7) is 0.757. The molecule has 2 heterocycles. The zero-order valence-corrected chi connectivity index (χ0v) is 10.8. The minimum Gasteiger partial charge on any atom is -0.304 e. The van der Waals surface area contributed by atoms with Crippen LogP contribution in [0.2, 0.25) is 0 Å². The molecule has 1 unspecified atom stereocenters. The third kappa shape index (κ3) is 2.03. The first kappa shape index (κ1) is 11.4. The predicted octanol–water partition coefficient (Wildman–Crippen LogP) is 0.716. The highest BCUT2D eigenvalue weighted by molar-refractivity contribution is 5.24. The van der Waals surface area contributed by atoms with Gasteiger partial charge in [-0.05, 0) is 19.3 Å². The molecule has 1 aliphatic rings. The Hall–Kier alpha value is -1.69. The summed E-state index contributed by atoms with van der Waals surface area (Å²) >= 11 is 0. The molecule has 0 radical (unpaired) electrons. The number of fused-ring (bicyclic) bond motifs is 1. The average Bonchev–Trinajstić information content (AvgIpc) is 2.94. The van der Waals surface area contributed by atoms with E-state index in [4.69, 9.17) is 0 Å². The summed E-state index contributed by atoms with van der Waals surface area (Å²) in [7, 11) is 3.90. The Kier molecular flexibility index (Phi) is 2.87. The highest BCUT2D eigenvalue weighted by Crippen LogP contribution is 2.29. The number of rotatable bonds is 3. The van der Waals surface area contributed by atoms with Crippen LogP contribution < -0.4 is 5.32 Å². The summed E-state index contributed by atoms with van der Waals surface area (Å²) in [6, 6.07) is 0.393. The van der Waals surface area contributed by atoms with Gasteiger partial charge in [-0.15, -0.1) is 5.10 Å². The molecule has 0 aliphatic heterocycles. The third-order valence-electron chi connectivity index (χ3n) is 3.56. The Bertz CT molecular complexity index is 541. The van der Waals surface area contributed by atoms with Gasteiger partial charge in [0.15, 0.2) is 0 Å². The fourth-order valence-corrected chi connectivity index (χ4v) is 2.62. The van der Waals surface area contributed by atoms with E-state index in [0.717, 1.165) is 18.7 Å². The van der Waals surface area contributed by atoms with Crippen LogP contribution in [0.5, 0.6) is 0 Å². The van der Waals surface area contributed by atoms with Crippen molar-refractivity contribution < 1.29 is 0 Å². The molecule has 1 aliphatic carbocycles. The number of nitrogens with one attached hydrogen (secondary N) is 1. The monoisotopic (exact) mass is 246 g/mol. The first-order chi connectivity index (χ1) is 8.74. The summed E-state index contributed by atoms with van der Waals surface area (Å²) in [5.74, 6) is 0. The normalized spacial score (nSPS) is 18.9. The summed E-state index contributed by atoms with van der Waals surface area (Å²) < 4.78 is 3.72. The van der Waals surface area contributed by atoms with Crippen LogP contribution in [0.25, 0.3) is 0 Å². The van der Waals surface area contributed by atoms with Crippen LogP contribution in [0.15, 0.2) is 12.4 Å². The van der Waals surface area contributed by atoms with Gasteiger partial charge in [0.1, 0.15) is 0 Å². The maximum absolute atomic E-state index is 4.35. The van der Waals surface area contributed by atoms with Gasteiger partial charge in [-0.25, -0.2) is 0 Å². The van der Waals surface area contributed by atoms with Crippen molar-refractivity contribution in [3.8, 4) is 0 Å². The molecule has 18 heavy (non-hydrogen) atoms. The number of hydrogen-bond acceptors (Lipinski definition) is 4. The Morgan fingerprint density at radius 3 is 3.11 bits per heavy atom. The lowest BCUT2D eigenvalue weighted by molar-refractivity contribution is 0.449. The van der Waals surface area contributed by atoms with Gasteiger partial charge in [-0.3, -0.25) is 9.36 Å². The summed E-state index contributed by atoms with van der Waals surface area (Å²) in [4.78, 5) is 0. The van der Waals surface area contributed by atoms with Crippen molar-refractivity contribution in [2.75, 3.05) is 0 Å². The fourth-order valence-electron chi connectivity index (χ4n) is 2.62. The number of aryl methyl sites for hydroxylation is 2. The van der Waals surface area contributed by atoms with Crippen molar-refractivity contribution in [3.63, 3.8) is 0 Å². The molecule has 0 amide bonds. The second-order valence-corrected chi connectivity index (χ2v) is 4.88. The predicted molar refractivity (Wildman–Crippen MR) is 66.7 cm³/mol. The van der Waals surface area contributed by atoms with Gasteiger partial charge in [0.25, 0.3) is 0 Å².